The van der Waals surface area contributed by atoms with Crippen LogP contribution in [0.3, 0.4) is 0 Å². The molecule has 1 nitrogen and oxygen atoms in total. The van der Waals surface area contributed by atoms with Gasteiger partial charge in [0.15, 0.2) is 0 Å². The molecule has 2 unspecified atom stereocenters. The van der Waals surface area contributed by atoms with Crippen LogP contribution in [-0.4, -0.2) is 12.1 Å². The Balaban J connectivity index is 1.56. The Morgan fingerprint density at radius 1 is 1.07 bits per heavy atom. The van der Waals surface area contributed by atoms with Gasteiger partial charge in [-0.1, -0.05) is 30.9 Å². The molecule has 2 aliphatic heterocycles. The molecule has 1 heteroatoms. The van der Waals surface area contributed by atoms with E-state index in [1.165, 1.54) is 51.4 Å². The van der Waals surface area contributed by atoms with Gasteiger partial charge in [-0.05, 0) is 38.0 Å². The number of rotatable bonds is 2. The maximum atomic E-state index is 3.70. The van der Waals surface area contributed by atoms with Crippen molar-refractivity contribution >= 4 is 0 Å². The maximum Gasteiger partial charge on any atom is 0.0107 e. The smallest absolute Gasteiger partial charge is 0.0107 e. The van der Waals surface area contributed by atoms with Gasteiger partial charge in [0.1, 0.15) is 0 Å². The van der Waals surface area contributed by atoms with E-state index in [-0.39, 0.29) is 0 Å². The molecule has 78 valence electrons. The molecule has 0 amide bonds. The third-order valence-corrected chi connectivity index (χ3v) is 4.32. The van der Waals surface area contributed by atoms with E-state index in [0.29, 0.717) is 0 Å². The quantitative estimate of drug-likeness (QED) is 0.662. The largest absolute Gasteiger partial charge is 0.311 e. The zero-order valence-electron chi connectivity index (χ0n) is 8.97. The van der Waals surface area contributed by atoms with Crippen molar-refractivity contribution in [2.45, 2.75) is 63.5 Å². The molecule has 2 heterocycles. The molecule has 0 radical (unpaired) electrons. The molecular weight excluding hydrogens is 170 g/mol. The van der Waals surface area contributed by atoms with Crippen molar-refractivity contribution in [2.24, 2.45) is 5.92 Å². The van der Waals surface area contributed by atoms with Gasteiger partial charge in [-0.25, -0.2) is 0 Å². The summed E-state index contributed by atoms with van der Waals surface area (Å²) < 4.78 is 0. The molecule has 3 rings (SSSR count). The van der Waals surface area contributed by atoms with Crippen LogP contribution in [0.4, 0.5) is 0 Å². The fraction of sp³-hybridized carbons (Fsp3) is 0.846. The van der Waals surface area contributed by atoms with Crippen molar-refractivity contribution in [1.82, 2.24) is 5.32 Å². The number of fused-ring (bicyclic) bond motifs is 2. The lowest BCUT2D eigenvalue weighted by Gasteiger charge is -2.27. The summed E-state index contributed by atoms with van der Waals surface area (Å²) in [5.74, 6) is 1.05. The van der Waals surface area contributed by atoms with Crippen molar-refractivity contribution < 1.29 is 0 Å². The Bertz CT molecular complexity index is 226. The van der Waals surface area contributed by atoms with Crippen LogP contribution in [0.1, 0.15) is 51.4 Å². The number of hydrogen-bond donors (Lipinski definition) is 1. The van der Waals surface area contributed by atoms with Crippen LogP contribution in [0.5, 0.6) is 0 Å². The minimum absolute atomic E-state index is 0.835. The fourth-order valence-electron chi connectivity index (χ4n) is 3.17. The number of piperidine rings is 1. The van der Waals surface area contributed by atoms with Gasteiger partial charge in [0.05, 0.1) is 0 Å². The summed E-state index contributed by atoms with van der Waals surface area (Å²) in [4.78, 5) is 0. The van der Waals surface area contributed by atoms with Crippen molar-refractivity contribution in [3.8, 4) is 0 Å². The molecule has 0 spiro atoms. The summed E-state index contributed by atoms with van der Waals surface area (Å²) in [5.41, 5.74) is 1.77. The average molecular weight is 191 g/mol. The van der Waals surface area contributed by atoms with Gasteiger partial charge in [0.25, 0.3) is 0 Å². The predicted molar refractivity (Wildman–Crippen MR) is 59.2 cm³/mol. The summed E-state index contributed by atoms with van der Waals surface area (Å²) in [7, 11) is 0. The molecule has 1 N–H and O–H groups in total. The number of allylic oxidation sites excluding steroid dienone is 1. The maximum absolute atomic E-state index is 3.70. The van der Waals surface area contributed by atoms with Crippen molar-refractivity contribution in [1.29, 1.82) is 0 Å². The Kier molecular flexibility index (Phi) is 2.36. The highest BCUT2D eigenvalue weighted by molar-refractivity contribution is 5.13. The first kappa shape index (κ1) is 8.96. The second-order valence-electron chi connectivity index (χ2n) is 5.44. The van der Waals surface area contributed by atoms with Crippen LogP contribution in [0, 0.1) is 5.92 Å². The van der Waals surface area contributed by atoms with Crippen LogP contribution >= 0.6 is 0 Å². The van der Waals surface area contributed by atoms with Gasteiger partial charge in [-0.3, -0.25) is 0 Å². The van der Waals surface area contributed by atoms with Gasteiger partial charge in [-0.2, -0.15) is 0 Å². The molecule has 14 heavy (non-hydrogen) atoms. The normalized spacial score (nSPS) is 37.0. The molecular formula is C13H21N. The van der Waals surface area contributed by atoms with Crippen LogP contribution < -0.4 is 5.32 Å². The number of nitrogens with one attached hydrogen (secondary N) is 1. The van der Waals surface area contributed by atoms with Crippen LogP contribution in [0.2, 0.25) is 0 Å². The summed E-state index contributed by atoms with van der Waals surface area (Å²) in [6, 6.07) is 1.67. The molecule has 1 saturated carbocycles. The van der Waals surface area contributed by atoms with Crippen LogP contribution in [0.25, 0.3) is 0 Å². The second kappa shape index (κ2) is 3.69. The highest BCUT2D eigenvalue weighted by Crippen LogP contribution is 2.34. The highest BCUT2D eigenvalue weighted by Gasteiger charge is 2.30. The monoisotopic (exact) mass is 191 g/mol. The van der Waals surface area contributed by atoms with E-state index in [9.17, 15) is 0 Å². The van der Waals surface area contributed by atoms with E-state index in [4.69, 9.17) is 0 Å². The molecule has 0 aromatic rings. The summed E-state index contributed by atoms with van der Waals surface area (Å²) in [6.07, 6.45) is 14.0. The summed E-state index contributed by atoms with van der Waals surface area (Å²) in [5, 5.41) is 3.70. The van der Waals surface area contributed by atoms with Gasteiger partial charge < -0.3 is 5.32 Å². The molecule has 0 aromatic carbocycles. The summed E-state index contributed by atoms with van der Waals surface area (Å²) >= 11 is 0. The third-order valence-electron chi connectivity index (χ3n) is 4.32. The lowest BCUT2D eigenvalue weighted by Crippen LogP contribution is -2.34. The van der Waals surface area contributed by atoms with E-state index in [0.717, 1.165) is 18.0 Å². The number of hydrogen-bond acceptors (Lipinski definition) is 1. The summed E-state index contributed by atoms with van der Waals surface area (Å²) in [6.45, 7) is 0. The van der Waals surface area contributed by atoms with Gasteiger partial charge in [0, 0.05) is 12.1 Å². The first-order valence-corrected chi connectivity index (χ1v) is 6.34. The molecule has 3 aliphatic rings. The van der Waals surface area contributed by atoms with E-state index < -0.39 is 0 Å². The molecule has 2 saturated heterocycles. The Hall–Kier alpha value is -0.300. The fourth-order valence-corrected chi connectivity index (χ4v) is 3.17. The lowest BCUT2D eigenvalue weighted by molar-refractivity contribution is 0.318. The highest BCUT2D eigenvalue weighted by atomic mass is 15.0. The minimum Gasteiger partial charge on any atom is -0.311 e. The molecule has 3 fully saturated rings. The minimum atomic E-state index is 0.835. The predicted octanol–water partition coefficient (Wildman–Crippen LogP) is 3.02. The zero-order valence-corrected chi connectivity index (χ0v) is 8.97. The van der Waals surface area contributed by atoms with Crippen molar-refractivity contribution in [2.75, 3.05) is 0 Å². The first-order chi connectivity index (χ1) is 6.90. The first-order valence-electron chi connectivity index (χ1n) is 6.34. The lowest BCUT2D eigenvalue weighted by atomic mass is 9.82. The zero-order chi connectivity index (χ0) is 9.38. The van der Waals surface area contributed by atoms with E-state index in [1.54, 1.807) is 5.57 Å². The second-order valence-corrected chi connectivity index (χ2v) is 5.44. The Morgan fingerprint density at radius 2 is 1.79 bits per heavy atom. The topological polar surface area (TPSA) is 12.0 Å². The standard InChI is InChI=1S/C13H21N/c1-2-10(3-1)4-5-11-8-12-6-7-13(9-11)14-12/h5,10,12-14H,1-4,6-9H2. The van der Waals surface area contributed by atoms with Crippen molar-refractivity contribution in [3.05, 3.63) is 11.6 Å². The van der Waals surface area contributed by atoms with Gasteiger partial charge in [0.2, 0.25) is 0 Å². The van der Waals surface area contributed by atoms with Gasteiger partial charge >= 0.3 is 0 Å². The SMILES string of the molecule is C(CC1CCC1)=C1CC2CCC(C1)N2. The van der Waals surface area contributed by atoms with E-state index in [1.807, 2.05) is 0 Å². The molecule has 1 aliphatic carbocycles. The third kappa shape index (κ3) is 1.75. The molecule has 2 bridgehead atoms. The Morgan fingerprint density at radius 3 is 2.36 bits per heavy atom. The average Bonchev–Trinajstić information content (AvgIpc) is 2.43. The van der Waals surface area contributed by atoms with E-state index in [2.05, 4.69) is 11.4 Å². The van der Waals surface area contributed by atoms with Crippen LogP contribution in [0.15, 0.2) is 11.6 Å². The molecule has 0 aromatic heterocycles. The van der Waals surface area contributed by atoms with Crippen molar-refractivity contribution in [3.63, 3.8) is 0 Å². The van der Waals surface area contributed by atoms with Crippen LogP contribution in [-0.2, 0) is 0 Å². The van der Waals surface area contributed by atoms with Gasteiger partial charge in [-0.15, -0.1) is 0 Å². The van der Waals surface area contributed by atoms with E-state index >= 15 is 0 Å². The molecule has 2 atom stereocenters. The Labute approximate surface area is 87.0 Å².